The first-order valence-electron chi connectivity index (χ1n) is 7.99. The third-order valence-electron chi connectivity index (χ3n) is 3.71. The van der Waals surface area contributed by atoms with Crippen LogP contribution in [0.2, 0.25) is 0 Å². The molecule has 0 unspecified atom stereocenters. The summed E-state index contributed by atoms with van der Waals surface area (Å²) in [5.41, 5.74) is 3.22. The second-order valence-electron chi connectivity index (χ2n) is 6.62. The fourth-order valence-electron chi connectivity index (χ4n) is 2.24. The Labute approximate surface area is 139 Å². The minimum atomic E-state index is -0.282. The van der Waals surface area contributed by atoms with Crippen molar-refractivity contribution in [2.45, 2.75) is 27.2 Å². The van der Waals surface area contributed by atoms with Crippen LogP contribution in [0.3, 0.4) is 0 Å². The summed E-state index contributed by atoms with van der Waals surface area (Å²) in [6, 6.07) is 20.6. The molecule has 0 aromatic heterocycles. The molecule has 1 heteroatoms. The van der Waals surface area contributed by atoms with Crippen LogP contribution in [-0.4, -0.2) is 5.78 Å². The highest BCUT2D eigenvalue weighted by Gasteiger charge is 2.18. The van der Waals surface area contributed by atoms with Crippen LogP contribution in [0.5, 0.6) is 0 Å². The highest BCUT2D eigenvalue weighted by atomic mass is 16.1. The quantitative estimate of drug-likeness (QED) is 0.649. The number of carbonyl (C=O) groups is 1. The third kappa shape index (κ3) is 5.07. The molecule has 23 heavy (non-hydrogen) atoms. The zero-order chi connectivity index (χ0) is 16.7. The van der Waals surface area contributed by atoms with Crippen molar-refractivity contribution >= 4 is 11.4 Å². The molecule has 0 N–H and O–H groups in total. The van der Waals surface area contributed by atoms with Gasteiger partial charge in [-0.25, -0.2) is 0 Å². The summed E-state index contributed by atoms with van der Waals surface area (Å²) in [6.07, 6.45) is 6.48. The number of allylic oxidation sites excluding steroid dienone is 3. The number of ketones is 1. The van der Waals surface area contributed by atoms with Crippen LogP contribution in [0.25, 0.3) is 5.57 Å². The molecule has 0 atom stereocenters. The average molecular weight is 304 g/mol. The van der Waals surface area contributed by atoms with Crippen LogP contribution < -0.4 is 0 Å². The molecule has 0 saturated heterocycles. The minimum absolute atomic E-state index is 0.253. The van der Waals surface area contributed by atoms with E-state index in [9.17, 15) is 4.79 Å². The van der Waals surface area contributed by atoms with Gasteiger partial charge in [0, 0.05) is 11.8 Å². The van der Waals surface area contributed by atoms with Gasteiger partial charge in [-0.05, 0) is 16.7 Å². The Kier molecular flexibility index (Phi) is 5.70. The molecule has 0 heterocycles. The molecular formula is C22H24O. The molecule has 0 bridgehead atoms. The van der Waals surface area contributed by atoms with E-state index in [0.29, 0.717) is 6.42 Å². The van der Waals surface area contributed by atoms with E-state index in [-0.39, 0.29) is 11.2 Å². The number of carbonyl (C=O) groups excluding carboxylic acids is 1. The van der Waals surface area contributed by atoms with Crippen molar-refractivity contribution in [1.82, 2.24) is 0 Å². The Morgan fingerprint density at radius 2 is 1.35 bits per heavy atom. The van der Waals surface area contributed by atoms with Gasteiger partial charge in [-0.2, -0.15) is 0 Å². The van der Waals surface area contributed by atoms with E-state index in [1.807, 2.05) is 69.3 Å². The monoisotopic (exact) mass is 304 g/mol. The maximum Gasteiger partial charge on any atom is 0.141 e. The lowest BCUT2D eigenvalue weighted by atomic mass is 9.89. The van der Waals surface area contributed by atoms with E-state index < -0.39 is 0 Å². The fraction of sp³-hybridized carbons (Fsp3) is 0.227. The van der Waals surface area contributed by atoms with Crippen molar-refractivity contribution in [3.63, 3.8) is 0 Å². The van der Waals surface area contributed by atoms with Crippen LogP contribution in [0.15, 0.2) is 78.9 Å². The van der Waals surface area contributed by atoms with Crippen LogP contribution >= 0.6 is 0 Å². The molecule has 2 aromatic rings. The van der Waals surface area contributed by atoms with Gasteiger partial charge in [0.15, 0.2) is 0 Å². The number of benzene rings is 2. The van der Waals surface area contributed by atoms with E-state index in [2.05, 4.69) is 30.3 Å². The van der Waals surface area contributed by atoms with Crippen LogP contribution in [0.1, 0.15) is 38.3 Å². The topological polar surface area (TPSA) is 17.1 Å². The SMILES string of the molecule is CC(C)(C)C(=O)C/C=C/C=C(c1ccccc1)c1ccccc1. The Morgan fingerprint density at radius 3 is 1.78 bits per heavy atom. The predicted molar refractivity (Wildman–Crippen MR) is 98.2 cm³/mol. The number of hydrogen-bond acceptors (Lipinski definition) is 1. The van der Waals surface area contributed by atoms with Crippen LogP contribution in [-0.2, 0) is 4.79 Å². The molecule has 0 aliphatic heterocycles. The minimum Gasteiger partial charge on any atom is -0.299 e. The first-order chi connectivity index (χ1) is 11.0. The molecule has 0 saturated carbocycles. The zero-order valence-electron chi connectivity index (χ0n) is 14.1. The van der Waals surface area contributed by atoms with Gasteiger partial charge < -0.3 is 0 Å². The maximum absolute atomic E-state index is 12.0. The smallest absolute Gasteiger partial charge is 0.141 e. The normalized spacial score (nSPS) is 11.4. The van der Waals surface area contributed by atoms with Crippen molar-refractivity contribution in [1.29, 1.82) is 0 Å². The highest BCUT2D eigenvalue weighted by Crippen LogP contribution is 2.23. The summed E-state index contributed by atoms with van der Waals surface area (Å²) >= 11 is 0. The Bertz CT molecular complexity index is 644. The summed E-state index contributed by atoms with van der Waals surface area (Å²) in [7, 11) is 0. The molecule has 1 nitrogen and oxygen atoms in total. The van der Waals surface area contributed by atoms with Gasteiger partial charge in [0.2, 0.25) is 0 Å². The molecule has 0 fully saturated rings. The highest BCUT2D eigenvalue weighted by molar-refractivity contribution is 5.85. The van der Waals surface area contributed by atoms with E-state index in [1.165, 1.54) is 11.1 Å². The van der Waals surface area contributed by atoms with Crippen molar-refractivity contribution in [2.75, 3.05) is 0 Å². The van der Waals surface area contributed by atoms with Gasteiger partial charge >= 0.3 is 0 Å². The molecule has 0 radical (unpaired) electrons. The van der Waals surface area contributed by atoms with E-state index in [4.69, 9.17) is 0 Å². The summed E-state index contributed by atoms with van der Waals surface area (Å²) < 4.78 is 0. The average Bonchev–Trinajstić information content (AvgIpc) is 2.55. The summed E-state index contributed by atoms with van der Waals surface area (Å²) in [5, 5.41) is 0. The van der Waals surface area contributed by atoms with Crippen molar-refractivity contribution in [2.24, 2.45) is 5.41 Å². The van der Waals surface area contributed by atoms with Gasteiger partial charge in [0.25, 0.3) is 0 Å². The number of hydrogen-bond donors (Lipinski definition) is 0. The van der Waals surface area contributed by atoms with Gasteiger partial charge in [-0.3, -0.25) is 4.79 Å². The molecule has 0 amide bonds. The lowest BCUT2D eigenvalue weighted by molar-refractivity contribution is -0.125. The fourth-order valence-corrected chi connectivity index (χ4v) is 2.24. The van der Waals surface area contributed by atoms with E-state index in [0.717, 1.165) is 5.57 Å². The van der Waals surface area contributed by atoms with E-state index in [1.54, 1.807) is 0 Å². The van der Waals surface area contributed by atoms with Crippen LogP contribution in [0.4, 0.5) is 0 Å². The number of rotatable bonds is 5. The third-order valence-corrected chi connectivity index (χ3v) is 3.71. The molecule has 118 valence electrons. The standard InChI is InChI=1S/C22H24O/c1-22(2,3)21(23)17-11-10-16-20(18-12-6-4-7-13-18)19-14-8-5-9-15-19/h4-16H,17H2,1-3H3/b11-10+. The van der Waals surface area contributed by atoms with Gasteiger partial charge in [-0.15, -0.1) is 0 Å². The first kappa shape index (κ1) is 17.0. The Hall–Kier alpha value is -2.41. The second-order valence-corrected chi connectivity index (χ2v) is 6.62. The molecule has 0 aliphatic rings. The first-order valence-corrected chi connectivity index (χ1v) is 7.99. The second kappa shape index (κ2) is 7.73. The number of Topliss-reactive ketones (excluding diaryl/α,β-unsaturated/α-hetero) is 1. The van der Waals surface area contributed by atoms with Gasteiger partial charge in [-0.1, -0.05) is 99.7 Å². The van der Waals surface area contributed by atoms with Crippen LogP contribution in [0, 0.1) is 5.41 Å². The molecular weight excluding hydrogens is 280 g/mol. The lowest BCUT2D eigenvalue weighted by Gasteiger charge is -2.14. The Balaban J connectivity index is 2.23. The van der Waals surface area contributed by atoms with Crippen molar-refractivity contribution in [3.05, 3.63) is 90.0 Å². The molecule has 0 aliphatic carbocycles. The van der Waals surface area contributed by atoms with Gasteiger partial charge in [0.05, 0.1) is 0 Å². The van der Waals surface area contributed by atoms with Crippen molar-refractivity contribution in [3.8, 4) is 0 Å². The summed E-state index contributed by atoms with van der Waals surface area (Å²) in [6.45, 7) is 5.87. The lowest BCUT2D eigenvalue weighted by Crippen LogP contribution is -2.18. The predicted octanol–water partition coefficient (Wildman–Crippen LogP) is 5.68. The molecule has 2 aromatic carbocycles. The molecule has 0 spiro atoms. The maximum atomic E-state index is 12.0. The summed E-state index contributed by atoms with van der Waals surface area (Å²) in [4.78, 5) is 12.0. The zero-order valence-corrected chi connectivity index (χ0v) is 14.1. The largest absolute Gasteiger partial charge is 0.299 e. The Morgan fingerprint density at radius 1 is 0.870 bits per heavy atom. The van der Waals surface area contributed by atoms with Gasteiger partial charge in [0.1, 0.15) is 5.78 Å². The van der Waals surface area contributed by atoms with E-state index >= 15 is 0 Å². The molecule has 2 rings (SSSR count). The summed E-state index contributed by atoms with van der Waals surface area (Å²) in [5.74, 6) is 0.253. The van der Waals surface area contributed by atoms with Crippen molar-refractivity contribution < 1.29 is 4.79 Å².